The first kappa shape index (κ1) is 17.2. The monoisotopic (exact) mass is 350 g/mol. The lowest BCUT2D eigenvalue weighted by molar-refractivity contribution is -0.132. The molecule has 1 atom stereocenters. The van der Waals surface area contributed by atoms with Gasteiger partial charge < -0.3 is 21.3 Å². The van der Waals surface area contributed by atoms with Gasteiger partial charge in [-0.2, -0.15) is 0 Å². The Morgan fingerprint density at radius 3 is 2.62 bits per heavy atom. The van der Waals surface area contributed by atoms with Gasteiger partial charge >= 0.3 is 6.03 Å². The zero-order chi connectivity index (χ0) is 16.9. The molecular formula is C17H26N4O2S. The molecule has 1 saturated heterocycles. The van der Waals surface area contributed by atoms with Crippen molar-refractivity contribution in [2.75, 3.05) is 19.6 Å². The summed E-state index contributed by atoms with van der Waals surface area (Å²) in [6, 6.07) is 3.44. The smallest absolute Gasteiger partial charge is 0.312 e. The van der Waals surface area contributed by atoms with Crippen LogP contribution in [-0.4, -0.2) is 42.5 Å². The SMILES string of the molecule is NC(=O)NC(CC(=O)N1CCC(NCC2CC2)CC1)c1cccs1. The highest BCUT2D eigenvalue weighted by Gasteiger charge is 2.27. The van der Waals surface area contributed by atoms with Crippen molar-refractivity contribution in [3.8, 4) is 0 Å². The predicted octanol–water partition coefficient (Wildman–Crippen LogP) is 1.84. The van der Waals surface area contributed by atoms with Crippen molar-refractivity contribution in [3.05, 3.63) is 22.4 Å². The fraction of sp³-hybridized carbons (Fsp3) is 0.647. The van der Waals surface area contributed by atoms with Crippen LogP contribution in [0.25, 0.3) is 0 Å². The van der Waals surface area contributed by atoms with Crippen molar-refractivity contribution in [1.82, 2.24) is 15.5 Å². The standard InChI is InChI=1S/C17H26N4O2S/c18-17(23)20-14(15-2-1-9-24-15)10-16(22)21-7-5-13(6-8-21)19-11-12-3-4-12/h1-2,9,12-14,19H,3-8,10-11H2,(H3,18,20,23). The van der Waals surface area contributed by atoms with Crippen LogP contribution in [0.2, 0.25) is 0 Å². The lowest BCUT2D eigenvalue weighted by Gasteiger charge is -2.33. The van der Waals surface area contributed by atoms with Crippen LogP contribution in [0.15, 0.2) is 17.5 Å². The minimum atomic E-state index is -0.593. The third-order valence-corrected chi connectivity index (χ3v) is 5.81. The fourth-order valence-electron chi connectivity index (χ4n) is 3.18. The molecule has 132 valence electrons. The summed E-state index contributed by atoms with van der Waals surface area (Å²) in [6.07, 6.45) is 5.00. The van der Waals surface area contributed by atoms with Crippen LogP contribution in [0.5, 0.6) is 0 Å². The number of likely N-dealkylation sites (tertiary alicyclic amines) is 1. The number of amides is 3. The summed E-state index contributed by atoms with van der Waals surface area (Å²) >= 11 is 1.53. The molecule has 2 heterocycles. The van der Waals surface area contributed by atoms with E-state index < -0.39 is 6.03 Å². The van der Waals surface area contributed by atoms with Crippen LogP contribution >= 0.6 is 11.3 Å². The van der Waals surface area contributed by atoms with Crippen molar-refractivity contribution in [2.45, 2.75) is 44.2 Å². The van der Waals surface area contributed by atoms with Crippen LogP contribution in [0.1, 0.15) is 43.0 Å². The Labute approximate surface area is 146 Å². The number of carbonyl (C=O) groups excluding carboxylic acids is 2. The van der Waals surface area contributed by atoms with Gasteiger partial charge in [0.15, 0.2) is 0 Å². The van der Waals surface area contributed by atoms with E-state index in [9.17, 15) is 9.59 Å². The molecule has 24 heavy (non-hydrogen) atoms. The fourth-order valence-corrected chi connectivity index (χ4v) is 3.95. The largest absolute Gasteiger partial charge is 0.352 e. The minimum absolute atomic E-state index is 0.0859. The Morgan fingerprint density at radius 2 is 2.04 bits per heavy atom. The van der Waals surface area contributed by atoms with Gasteiger partial charge in [-0.3, -0.25) is 4.79 Å². The van der Waals surface area contributed by atoms with Gasteiger partial charge in [-0.25, -0.2) is 4.79 Å². The number of nitrogens with two attached hydrogens (primary N) is 1. The number of hydrogen-bond donors (Lipinski definition) is 3. The van der Waals surface area contributed by atoms with Gasteiger partial charge in [0.05, 0.1) is 12.5 Å². The quantitative estimate of drug-likeness (QED) is 0.701. The third-order valence-electron chi connectivity index (χ3n) is 4.82. The molecule has 2 aliphatic rings. The predicted molar refractivity (Wildman–Crippen MR) is 94.7 cm³/mol. The van der Waals surface area contributed by atoms with Crippen molar-refractivity contribution in [1.29, 1.82) is 0 Å². The first-order valence-corrected chi connectivity index (χ1v) is 9.60. The van der Waals surface area contributed by atoms with Crippen LogP contribution in [0.3, 0.4) is 0 Å². The molecule has 7 heteroatoms. The minimum Gasteiger partial charge on any atom is -0.352 e. The van der Waals surface area contributed by atoms with E-state index in [0.717, 1.165) is 43.3 Å². The Hall–Kier alpha value is -1.60. The zero-order valence-electron chi connectivity index (χ0n) is 13.9. The van der Waals surface area contributed by atoms with E-state index in [2.05, 4.69) is 10.6 Å². The second-order valence-corrected chi connectivity index (χ2v) is 7.77. The van der Waals surface area contributed by atoms with E-state index in [1.54, 1.807) is 0 Å². The molecule has 2 fully saturated rings. The van der Waals surface area contributed by atoms with Gasteiger partial charge in [-0.15, -0.1) is 11.3 Å². The number of hydrogen-bond acceptors (Lipinski definition) is 4. The van der Waals surface area contributed by atoms with E-state index in [-0.39, 0.29) is 18.4 Å². The lowest BCUT2D eigenvalue weighted by atomic mass is 10.0. The van der Waals surface area contributed by atoms with Crippen molar-refractivity contribution in [2.24, 2.45) is 11.7 Å². The zero-order valence-corrected chi connectivity index (χ0v) is 14.7. The maximum atomic E-state index is 12.6. The second kappa shape index (κ2) is 7.98. The molecule has 0 spiro atoms. The van der Waals surface area contributed by atoms with Crippen LogP contribution in [-0.2, 0) is 4.79 Å². The third kappa shape index (κ3) is 4.95. The molecule has 1 aromatic rings. The molecule has 1 aromatic heterocycles. The number of nitrogens with zero attached hydrogens (tertiary/aromatic N) is 1. The van der Waals surface area contributed by atoms with Gasteiger partial charge in [0.25, 0.3) is 0 Å². The Kier molecular flexibility index (Phi) is 5.73. The number of nitrogens with one attached hydrogen (secondary N) is 2. The highest BCUT2D eigenvalue weighted by molar-refractivity contribution is 7.10. The molecule has 0 aromatic carbocycles. The molecule has 3 amide bonds. The summed E-state index contributed by atoms with van der Waals surface area (Å²) in [5.74, 6) is 0.971. The summed E-state index contributed by atoms with van der Waals surface area (Å²) < 4.78 is 0. The van der Waals surface area contributed by atoms with E-state index in [1.807, 2.05) is 22.4 Å². The first-order chi connectivity index (χ1) is 11.6. The molecule has 1 aliphatic carbocycles. The average Bonchev–Trinajstić information content (AvgIpc) is 3.23. The normalized spacial score (nSPS) is 19.9. The lowest BCUT2D eigenvalue weighted by Crippen LogP contribution is -2.46. The summed E-state index contributed by atoms with van der Waals surface area (Å²) in [4.78, 5) is 26.7. The highest BCUT2D eigenvalue weighted by atomic mass is 32.1. The number of piperidine rings is 1. The van der Waals surface area contributed by atoms with E-state index in [1.165, 1.54) is 24.2 Å². The summed E-state index contributed by atoms with van der Waals surface area (Å²) in [6.45, 7) is 2.70. The van der Waals surface area contributed by atoms with E-state index >= 15 is 0 Å². The van der Waals surface area contributed by atoms with Crippen LogP contribution in [0.4, 0.5) is 4.79 Å². The molecule has 0 bridgehead atoms. The van der Waals surface area contributed by atoms with Gasteiger partial charge in [-0.05, 0) is 49.6 Å². The molecular weight excluding hydrogens is 324 g/mol. The van der Waals surface area contributed by atoms with Crippen molar-refractivity contribution in [3.63, 3.8) is 0 Å². The molecule has 3 rings (SSSR count). The molecule has 6 nitrogen and oxygen atoms in total. The van der Waals surface area contributed by atoms with E-state index in [4.69, 9.17) is 5.73 Å². The van der Waals surface area contributed by atoms with Gasteiger partial charge in [-0.1, -0.05) is 6.07 Å². The van der Waals surface area contributed by atoms with Crippen LogP contribution < -0.4 is 16.4 Å². The topological polar surface area (TPSA) is 87.5 Å². The number of rotatable bonds is 7. The summed E-state index contributed by atoms with van der Waals surface area (Å²) in [5.41, 5.74) is 5.26. The molecule has 0 radical (unpaired) electrons. The Morgan fingerprint density at radius 1 is 1.29 bits per heavy atom. The summed E-state index contributed by atoms with van der Waals surface area (Å²) in [7, 11) is 0. The number of thiophene rings is 1. The summed E-state index contributed by atoms with van der Waals surface area (Å²) in [5, 5.41) is 8.25. The average molecular weight is 350 g/mol. The molecule has 1 unspecified atom stereocenters. The Bertz CT molecular complexity index is 551. The van der Waals surface area contributed by atoms with Gasteiger partial charge in [0, 0.05) is 24.0 Å². The number of carbonyl (C=O) groups is 2. The first-order valence-electron chi connectivity index (χ1n) is 8.72. The molecule has 1 saturated carbocycles. The number of urea groups is 1. The Balaban J connectivity index is 1.47. The number of primary amides is 1. The van der Waals surface area contributed by atoms with Crippen molar-refractivity contribution >= 4 is 23.3 Å². The molecule has 1 aliphatic heterocycles. The van der Waals surface area contributed by atoms with Crippen molar-refractivity contribution < 1.29 is 9.59 Å². The highest BCUT2D eigenvalue weighted by Crippen LogP contribution is 2.28. The van der Waals surface area contributed by atoms with Gasteiger partial charge in [0.2, 0.25) is 5.91 Å². The maximum Gasteiger partial charge on any atom is 0.312 e. The molecule has 4 N–H and O–H groups in total. The second-order valence-electron chi connectivity index (χ2n) is 6.79. The van der Waals surface area contributed by atoms with Crippen LogP contribution in [0, 0.1) is 5.92 Å². The van der Waals surface area contributed by atoms with E-state index in [0.29, 0.717) is 6.04 Å². The maximum absolute atomic E-state index is 12.6. The van der Waals surface area contributed by atoms with Gasteiger partial charge in [0.1, 0.15) is 0 Å².